The fourth-order valence-corrected chi connectivity index (χ4v) is 3.41. The van der Waals surface area contributed by atoms with Crippen LogP contribution in [0.15, 0.2) is 109 Å². The van der Waals surface area contributed by atoms with Crippen molar-refractivity contribution in [2.24, 2.45) is 5.73 Å². The van der Waals surface area contributed by atoms with E-state index in [1.165, 1.54) is 14.0 Å². The molecular formula is C38H56BrN3O5. The van der Waals surface area contributed by atoms with E-state index in [-0.39, 0.29) is 12.2 Å². The number of rotatable bonds is 12. The van der Waals surface area contributed by atoms with Crippen molar-refractivity contribution < 1.29 is 23.9 Å². The molecule has 8 nitrogen and oxygen atoms in total. The molecule has 2 aromatic carbocycles. The minimum Gasteiger partial charge on any atom is -0.499 e. The van der Waals surface area contributed by atoms with Gasteiger partial charge in [0, 0.05) is 22.2 Å². The van der Waals surface area contributed by atoms with E-state index in [1.54, 1.807) is 24.3 Å². The van der Waals surface area contributed by atoms with E-state index in [4.69, 9.17) is 9.53 Å². The number of halogens is 1. The van der Waals surface area contributed by atoms with E-state index < -0.39 is 17.9 Å². The topological polar surface area (TPSA) is 128 Å². The largest absolute Gasteiger partial charge is 0.499 e. The fourth-order valence-electron chi connectivity index (χ4n) is 3.28. The summed E-state index contributed by atoms with van der Waals surface area (Å²) in [6.07, 6.45) is 5.97. The van der Waals surface area contributed by atoms with Crippen LogP contribution < -0.4 is 16.4 Å². The third-order valence-electron chi connectivity index (χ3n) is 5.55. The number of hydrogen-bond acceptors (Lipinski definition) is 6. The SMILES string of the molecule is C=C.C=C(/C=C\C(Br)=C/C)NC(=O)CC(NC(=O)c1ccc(-c2ccccc2C)cc1)C(C)=O.C=C(CC)OCC.C=O.CC.CN. The number of carbonyl (C=O) groups is 4. The van der Waals surface area contributed by atoms with Gasteiger partial charge in [-0.05, 0) is 75.7 Å². The number of nitrogens with one attached hydrogen (secondary N) is 2. The van der Waals surface area contributed by atoms with Crippen LogP contribution in [0.25, 0.3) is 11.1 Å². The summed E-state index contributed by atoms with van der Waals surface area (Å²) in [4.78, 5) is 45.0. The Morgan fingerprint density at radius 2 is 1.49 bits per heavy atom. The first-order valence-corrected chi connectivity index (χ1v) is 15.9. The molecule has 0 saturated heterocycles. The lowest BCUT2D eigenvalue weighted by Crippen LogP contribution is -2.43. The minimum absolute atomic E-state index is 0.181. The molecule has 0 heterocycles. The predicted molar refractivity (Wildman–Crippen MR) is 203 cm³/mol. The van der Waals surface area contributed by atoms with E-state index in [9.17, 15) is 14.4 Å². The molecule has 1 atom stereocenters. The molecule has 0 spiro atoms. The Hall–Kier alpha value is -4.34. The number of benzene rings is 2. The Kier molecular flexibility index (Phi) is 34.8. The molecule has 2 aromatic rings. The number of aryl methyl sites for hydroxylation is 1. The van der Waals surface area contributed by atoms with Gasteiger partial charge in [0.05, 0.1) is 24.8 Å². The Morgan fingerprint density at radius 3 is 1.91 bits per heavy atom. The van der Waals surface area contributed by atoms with E-state index in [0.717, 1.165) is 40.0 Å². The lowest BCUT2D eigenvalue weighted by Gasteiger charge is -2.16. The van der Waals surface area contributed by atoms with E-state index in [1.807, 2.05) is 90.8 Å². The zero-order valence-electron chi connectivity index (χ0n) is 29.6. The van der Waals surface area contributed by atoms with Crippen molar-refractivity contribution in [3.63, 3.8) is 0 Å². The molecule has 2 rings (SSSR count). The van der Waals surface area contributed by atoms with Crippen LogP contribution in [0, 0.1) is 6.92 Å². The highest BCUT2D eigenvalue weighted by Gasteiger charge is 2.21. The maximum Gasteiger partial charge on any atom is 0.251 e. The first kappa shape index (κ1) is 49.5. The van der Waals surface area contributed by atoms with Crippen LogP contribution in [-0.4, -0.2) is 44.1 Å². The van der Waals surface area contributed by atoms with Gasteiger partial charge < -0.3 is 25.9 Å². The van der Waals surface area contributed by atoms with Crippen LogP contribution in [-0.2, 0) is 19.1 Å². The van der Waals surface area contributed by atoms with Gasteiger partial charge in [0.2, 0.25) is 5.91 Å². The van der Waals surface area contributed by atoms with Crippen LogP contribution in [0.5, 0.6) is 0 Å². The second kappa shape index (κ2) is 33.0. The molecule has 47 heavy (non-hydrogen) atoms. The standard InChI is InChI=1S/C26H27BrN2O3.C6H12O.C2H6.C2H4.CH5N.CH2O/c1-5-22(27)15-10-18(3)28-25(31)16-24(19(4)30)29-26(32)21-13-11-20(12-14-21)23-9-7-6-8-17(23)2;1-4-6(3)7-5-2;4*1-2/h5-15,24H,3,16H2,1-2,4H3,(H,28,31)(H,29,32);3-5H2,1-2H3;1-2H3;1-2H2;2H2,1H3;1H2/b15-10-,22-5+;;;;;. The van der Waals surface area contributed by atoms with Gasteiger partial charge in [-0.3, -0.25) is 14.4 Å². The van der Waals surface area contributed by atoms with Gasteiger partial charge in [0.25, 0.3) is 5.91 Å². The quantitative estimate of drug-likeness (QED) is 0.115. The lowest BCUT2D eigenvalue weighted by atomic mass is 9.99. The summed E-state index contributed by atoms with van der Waals surface area (Å²) in [6.45, 7) is 29.4. The Balaban J connectivity index is -0.000000524. The highest BCUT2D eigenvalue weighted by Crippen LogP contribution is 2.23. The molecule has 260 valence electrons. The zero-order valence-corrected chi connectivity index (χ0v) is 31.2. The maximum atomic E-state index is 12.7. The number of Topliss-reactive ketones (excluding diaryl/α,β-unsaturated/α-hetero) is 1. The second-order valence-electron chi connectivity index (χ2n) is 8.64. The van der Waals surface area contributed by atoms with Gasteiger partial charge >= 0.3 is 0 Å². The molecule has 0 bridgehead atoms. The van der Waals surface area contributed by atoms with Crippen molar-refractivity contribution in [3.8, 4) is 11.1 Å². The molecule has 0 saturated carbocycles. The third kappa shape index (κ3) is 23.6. The molecule has 0 aromatic heterocycles. The van der Waals surface area contributed by atoms with Crippen molar-refractivity contribution in [1.29, 1.82) is 0 Å². The molecular weight excluding hydrogens is 658 g/mol. The molecule has 0 fully saturated rings. The van der Waals surface area contributed by atoms with E-state index >= 15 is 0 Å². The third-order valence-corrected chi connectivity index (χ3v) is 6.27. The molecule has 0 radical (unpaired) electrons. The molecule has 9 heteroatoms. The monoisotopic (exact) mass is 713 g/mol. The van der Waals surface area contributed by atoms with Crippen LogP contribution in [0.3, 0.4) is 0 Å². The smallest absolute Gasteiger partial charge is 0.251 e. The molecule has 2 amide bonds. The number of carbonyl (C=O) groups excluding carboxylic acids is 4. The number of nitrogens with two attached hydrogens (primary N) is 1. The summed E-state index contributed by atoms with van der Waals surface area (Å²) >= 11 is 3.33. The van der Waals surface area contributed by atoms with Crippen molar-refractivity contribution in [2.75, 3.05) is 13.7 Å². The summed E-state index contributed by atoms with van der Waals surface area (Å²) in [5.74, 6) is -0.248. The summed E-state index contributed by atoms with van der Waals surface area (Å²) in [6, 6.07) is 14.2. The first-order chi connectivity index (χ1) is 22.5. The number of ether oxygens (including phenoxy) is 1. The van der Waals surface area contributed by atoms with Crippen LogP contribution in [0.4, 0.5) is 0 Å². The van der Waals surface area contributed by atoms with Gasteiger partial charge in [0.15, 0.2) is 5.78 Å². The minimum atomic E-state index is -0.933. The predicted octanol–water partition coefficient (Wildman–Crippen LogP) is 8.39. The van der Waals surface area contributed by atoms with E-state index in [0.29, 0.717) is 11.3 Å². The maximum absolute atomic E-state index is 12.7. The number of amides is 2. The molecule has 0 aliphatic carbocycles. The lowest BCUT2D eigenvalue weighted by molar-refractivity contribution is -0.125. The molecule has 1 unspecified atom stereocenters. The second-order valence-corrected chi connectivity index (χ2v) is 9.55. The average Bonchev–Trinajstić information content (AvgIpc) is 3.11. The fraction of sp³-hybridized carbons (Fsp3) is 0.316. The summed E-state index contributed by atoms with van der Waals surface area (Å²) in [5.41, 5.74) is 8.53. The van der Waals surface area contributed by atoms with E-state index in [2.05, 4.69) is 58.6 Å². The summed E-state index contributed by atoms with van der Waals surface area (Å²) in [5, 5.41) is 5.27. The number of allylic oxidation sites excluding steroid dienone is 5. The van der Waals surface area contributed by atoms with Gasteiger partial charge in [-0.2, -0.15) is 0 Å². The van der Waals surface area contributed by atoms with Gasteiger partial charge in [0.1, 0.15) is 6.79 Å². The average molecular weight is 715 g/mol. The Morgan fingerprint density at radius 1 is 0.957 bits per heavy atom. The van der Waals surface area contributed by atoms with Crippen molar-refractivity contribution in [1.82, 2.24) is 10.6 Å². The summed E-state index contributed by atoms with van der Waals surface area (Å²) in [7, 11) is 1.50. The summed E-state index contributed by atoms with van der Waals surface area (Å²) < 4.78 is 5.84. The van der Waals surface area contributed by atoms with Crippen LogP contribution in [0.1, 0.15) is 70.3 Å². The highest BCUT2D eigenvalue weighted by atomic mass is 79.9. The van der Waals surface area contributed by atoms with Gasteiger partial charge in [-0.1, -0.05) is 92.3 Å². The number of hydrogen-bond donors (Lipinski definition) is 3. The molecule has 0 aliphatic rings. The Labute approximate surface area is 292 Å². The van der Waals surface area contributed by atoms with Crippen LogP contribution in [0.2, 0.25) is 0 Å². The van der Waals surface area contributed by atoms with Crippen molar-refractivity contribution in [2.45, 2.75) is 67.3 Å². The van der Waals surface area contributed by atoms with Gasteiger partial charge in [-0.15, -0.1) is 13.2 Å². The van der Waals surface area contributed by atoms with Crippen LogP contribution >= 0.6 is 15.9 Å². The van der Waals surface area contributed by atoms with Gasteiger partial charge in [-0.25, -0.2) is 0 Å². The zero-order chi connectivity index (χ0) is 37.4. The Bertz CT molecular complexity index is 1250. The molecule has 4 N–H and O–H groups in total. The van der Waals surface area contributed by atoms with Crippen molar-refractivity contribution in [3.05, 3.63) is 120 Å². The number of ketones is 1. The molecule has 0 aliphatic heterocycles. The van der Waals surface area contributed by atoms with Crippen molar-refractivity contribution >= 4 is 40.3 Å². The first-order valence-electron chi connectivity index (χ1n) is 15.1. The normalized spacial score (nSPS) is 10.0. The highest BCUT2D eigenvalue weighted by molar-refractivity contribution is 9.11.